The second-order valence-corrected chi connectivity index (χ2v) is 6.25. The lowest BCUT2D eigenvalue weighted by molar-refractivity contribution is 0.430. The van der Waals surface area contributed by atoms with Crippen molar-refractivity contribution in [2.24, 2.45) is 0 Å². The zero-order valence-corrected chi connectivity index (χ0v) is 13.2. The average molecular weight is 362 g/mol. The van der Waals surface area contributed by atoms with E-state index in [1.165, 1.54) is 23.0 Å². The van der Waals surface area contributed by atoms with Crippen LogP contribution >= 0.6 is 31.9 Å². The van der Waals surface area contributed by atoms with E-state index in [-0.39, 0.29) is 0 Å². The summed E-state index contributed by atoms with van der Waals surface area (Å²) in [6.45, 7) is 5.51. The zero-order chi connectivity index (χ0) is 12.3. The number of rotatable bonds is 3. The van der Waals surface area contributed by atoms with E-state index in [2.05, 4.69) is 67.2 Å². The molecule has 1 unspecified atom stereocenters. The standard InChI is InChI=1S/C13H18Br2N2/c1-2-3-11-9-17(7-6-16-11)13-5-4-10(14)8-12(13)15/h4-5,8,11,16H,2-3,6-7,9H2,1H3. The lowest BCUT2D eigenvalue weighted by Gasteiger charge is -2.35. The third kappa shape index (κ3) is 3.46. The van der Waals surface area contributed by atoms with Gasteiger partial charge in [0.05, 0.1) is 5.69 Å². The van der Waals surface area contributed by atoms with Crippen LogP contribution in [0.2, 0.25) is 0 Å². The molecular formula is C13H18Br2N2. The predicted molar refractivity (Wildman–Crippen MR) is 80.8 cm³/mol. The van der Waals surface area contributed by atoms with Crippen molar-refractivity contribution >= 4 is 37.5 Å². The first-order chi connectivity index (χ1) is 8.20. The van der Waals surface area contributed by atoms with E-state index >= 15 is 0 Å². The van der Waals surface area contributed by atoms with Crippen LogP contribution in [0.25, 0.3) is 0 Å². The first-order valence-corrected chi connectivity index (χ1v) is 7.72. The molecule has 2 nitrogen and oxygen atoms in total. The molecule has 1 aromatic carbocycles. The Morgan fingerprint density at radius 2 is 2.24 bits per heavy atom. The van der Waals surface area contributed by atoms with Gasteiger partial charge in [0, 0.05) is 34.6 Å². The first kappa shape index (κ1) is 13.4. The van der Waals surface area contributed by atoms with Crippen LogP contribution in [0.1, 0.15) is 19.8 Å². The molecule has 2 rings (SSSR count). The Hall–Kier alpha value is -0.0600. The van der Waals surface area contributed by atoms with Gasteiger partial charge in [-0.3, -0.25) is 0 Å². The second-order valence-electron chi connectivity index (χ2n) is 4.48. The Kier molecular flexibility index (Phi) is 4.88. The van der Waals surface area contributed by atoms with Crippen LogP contribution in [0.5, 0.6) is 0 Å². The maximum atomic E-state index is 3.65. The predicted octanol–water partition coefficient (Wildman–Crippen LogP) is 3.79. The van der Waals surface area contributed by atoms with Crippen LogP contribution < -0.4 is 10.2 Å². The van der Waals surface area contributed by atoms with Crippen LogP contribution in [0.4, 0.5) is 5.69 Å². The molecular weight excluding hydrogens is 344 g/mol. The maximum Gasteiger partial charge on any atom is 0.0512 e. The number of nitrogens with zero attached hydrogens (tertiary/aromatic N) is 1. The molecule has 1 fully saturated rings. The van der Waals surface area contributed by atoms with E-state index in [0.717, 1.165) is 24.1 Å². The molecule has 4 heteroatoms. The summed E-state index contributed by atoms with van der Waals surface area (Å²) in [6, 6.07) is 7.04. The highest BCUT2D eigenvalue weighted by Crippen LogP contribution is 2.30. The topological polar surface area (TPSA) is 15.3 Å². The van der Waals surface area contributed by atoms with Crippen molar-refractivity contribution in [2.75, 3.05) is 24.5 Å². The highest BCUT2D eigenvalue weighted by molar-refractivity contribution is 9.11. The van der Waals surface area contributed by atoms with Gasteiger partial charge in [0.15, 0.2) is 0 Å². The van der Waals surface area contributed by atoms with Gasteiger partial charge < -0.3 is 10.2 Å². The molecule has 0 radical (unpaired) electrons. The van der Waals surface area contributed by atoms with E-state index < -0.39 is 0 Å². The minimum absolute atomic E-state index is 0.629. The third-order valence-electron chi connectivity index (χ3n) is 3.14. The number of piperazine rings is 1. The quantitative estimate of drug-likeness (QED) is 0.881. The van der Waals surface area contributed by atoms with Crippen molar-refractivity contribution in [1.82, 2.24) is 5.32 Å². The molecule has 0 spiro atoms. The Bertz CT molecular complexity index is 380. The first-order valence-electron chi connectivity index (χ1n) is 6.14. The minimum Gasteiger partial charge on any atom is -0.368 e. The summed E-state index contributed by atoms with van der Waals surface area (Å²) < 4.78 is 2.29. The number of benzene rings is 1. The molecule has 1 aliphatic heterocycles. The fraction of sp³-hybridized carbons (Fsp3) is 0.538. The highest BCUT2D eigenvalue weighted by Gasteiger charge is 2.20. The molecule has 1 aromatic rings. The number of hydrogen-bond acceptors (Lipinski definition) is 2. The van der Waals surface area contributed by atoms with Gasteiger partial charge >= 0.3 is 0 Å². The summed E-state index contributed by atoms with van der Waals surface area (Å²) in [5, 5.41) is 3.58. The Morgan fingerprint density at radius 1 is 1.41 bits per heavy atom. The van der Waals surface area contributed by atoms with E-state index in [0.29, 0.717) is 6.04 Å². The van der Waals surface area contributed by atoms with E-state index in [4.69, 9.17) is 0 Å². The van der Waals surface area contributed by atoms with Crippen LogP contribution in [0.3, 0.4) is 0 Å². The van der Waals surface area contributed by atoms with Crippen molar-refractivity contribution in [3.8, 4) is 0 Å². The minimum atomic E-state index is 0.629. The molecule has 94 valence electrons. The van der Waals surface area contributed by atoms with Crippen LogP contribution in [-0.4, -0.2) is 25.7 Å². The van der Waals surface area contributed by atoms with Gasteiger partial charge in [0.1, 0.15) is 0 Å². The van der Waals surface area contributed by atoms with E-state index in [9.17, 15) is 0 Å². The summed E-state index contributed by atoms with van der Waals surface area (Å²) in [6.07, 6.45) is 2.50. The molecule has 0 saturated carbocycles. The molecule has 1 saturated heterocycles. The Labute approximate surface area is 120 Å². The van der Waals surface area contributed by atoms with Crippen molar-refractivity contribution in [3.63, 3.8) is 0 Å². The van der Waals surface area contributed by atoms with Crippen molar-refractivity contribution in [3.05, 3.63) is 27.1 Å². The normalized spacial score (nSPS) is 20.6. The van der Waals surface area contributed by atoms with Gasteiger partial charge in [-0.2, -0.15) is 0 Å². The fourth-order valence-electron chi connectivity index (χ4n) is 2.32. The smallest absolute Gasteiger partial charge is 0.0512 e. The highest BCUT2D eigenvalue weighted by atomic mass is 79.9. The molecule has 0 aliphatic carbocycles. The lowest BCUT2D eigenvalue weighted by atomic mass is 10.1. The van der Waals surface area contributed by atoms with E-state index in [1.54, 1.807) is 0 Å². The van der Waals surface area contributed by atoms with Gasteiger partial charge in [0.2, 0.25) is 0 Å². The number of anilines is 1. The average Bonchev–Trinajstić information content (AvgIpc) is 2.29. The molecule has 0 aromatic heterocycles. The van der Waals surface area contributed by atoms with E-state index in [1.807, 2.05) is 0 Å². The summed E-state index contributed by atoms with van der Waals surface area (Å²) in [4.78, 5) is 2.47. The fourth-order valence-corrected chi connectivity index (χ4v) is 3.62. The molecule has 1 heterocycles. The van der Waals surface area contributed by atoms with Gasteiger partial charge in [-0.15, -0.1) is 0 Å². The molecule has 1 atom stereocenters. The van der Waals surface area contributed by atoms with Crippen LogP contribution in [-0.2, 0) is 0 Å². The molecule has 0 amide bonds. The lowest BCUT2D eigenvalue weighted by Crippen LogP contribution is -2.50. The summed E-state index contributed by atoms with van der Waals surface area (Å²) in [5.74, 6) is 0. The third-order valence-corrected chi connectivity index (χ3v) is 4.27. The molecule has 17 heavy (non-hydrogen) atoms. The molecule has 1 N–H and O–H groups in total. The van der Waals surface area contributed by atoms with Crippen LogP contribution in [0, 0.1) is 0 Å². The second kappa shape index (κ2) is 6.21. The van der Waals surface area contributed by atoms with Gasteiger partial charge in [-0.25, -0.2) is 0 Å². The number of nitrogens with one attached hydrogen (secondary N) is 1. The monoisotopic (exact) mass is 360 g/mol. The zero-order valence-electron chi connectivity index (χ0n) is 10.0. The van der Waals surface area contributed by atoms with Gasteiger partial charge in [0.25, 0.3) is 0 Å². The maximum absolute atomic E-state index is 3.65. The Morgan fingerprint density at radius 3 is 2.94 bits per heavy atom. The largest absolute Gasteiger partial charge is 0.368 e. The van der Waals surface area contributed by atoms with Gasteiger partial charge in [-0.05, 0) is 40.5 Å². The van der Waals surface area contributed by atoms with Gasteiger partial charge in [-0.1, -0.05) is 29.3 Å². The number of hydrogen-bond donors (Lipinski definition) is 1. The van der Waals surface area contributed by atoms with Crippen molar-refractivity contribution in [2.45, 2.75) is 25.8 Å². The summed E-state index contributed by atoms with van der Waals surface area (Å²) in [5.41, 5.74) is 1.30. The summed E-state index contributed by atoms with van der Waals surface area (Å²) >= 11 is 7.15. The summed E-state index contributed by atoms with van der Waals surface area (Å²) in [7, 11) is 0. The Balaban J connectivity index is 2.10. The number of halogens is 2. The van der Waals surface area contributed by atoms with Crippen LogP contribution in [0.15, 0.2) is 27.1 Å². The molecule has 0 bridgehead atoms. The van der Waals surface area contributed by atoms with Crippen molar-refractivity contribution < 1.29 is 0 Å². The molecule has 1 aliphatic rings. The SMILES string of the molecule is CCCC1CN(c2ccc(Br)cc2Br)CCN1. The van der Waals surface area contributed by atoms with Crippen molar-refractivity contribution in [1.29, 1.82) is 0 Å².